The van der Waals surface area contributed by atoms with Gasteiger partial charge < -0.3 is 39.9 Å². The van der Waals surface area contributed by atoms with Crippen molar-refractivity contribution >= 4 is 29.8 Å². The molecule has 16 nitrogen and oxygen atoms in total. The van der Waals surface area contributed by atoms with Gasteiger partial charge in [-0.05, 0) is 37.8 Å². The van der Waals surface area contributed by atoms with E-state index in [0.717, 1.165) is 32.1 Å². The maximum absolute atomic E-state index is 13.2. The number of piperazine rings is 1. The SMILES string of the molecule is CCCCOC(=O)ON1CCN(C(=O)CNC(=O)c2cc(OCC(=O)N3C[C@H](O)C[C@H]3C(=O)NC3CCC3)n(-c3ccccc3)n2)CC1. The third-order valence-corrected chi connectivity index (χ3v) is 8.52. The van der Waals surface area contributed by atoms with Gasteiger partial charge in [-0.25, -0.2) is 9.48 Å². The van der Waals surface area contributed by atoms with E-state index in [0.29, 0.717) is 31.9 Å². The van der Waals surface area contributed by atoms with Gasteiger partial charge in [0.2, 0.25) is 17.7 Å². The van der Waals surface area contributed by atoms with Gasteiger partial charge in [0.25, 0.3) is 11.8 Å². The van der Waals surface area contributed by atoms with Crippen LogP contribution in [0.3, 0.4) is 0 Å². The first kappa shape index (κ1) is 34.6. The van der Waals surface area contributed by atoms with Crippen LogP contribution in [0.5, 0.6) is 5.88 Å². The summed E-state index contributed by atoms with van der Waals surface area (Å²) in [4.78, 5) is 71.8. The molecule has 2 aromatic rings. The molecule has 16 heteroatoms. The zero-order chi connectivity index (χ0) is 34.0. The summed E-state index contributed by atoms with van der Waals surface area (Å²) in [5.74, 6) is -1.62. The van der Waals surface area contributed by atoms with Crippen LogP contribution < -0.4 is 15.4 Å². The van der Waals surface area contributed by atoms with Crippen molar-refractivity contribution in [2.75, 3.05) is 52.5 Å². The molecule has 4 amide bonds. The number of carbonyl (C=O) groups excluding carboxylic acids is 5. The van der Waals surface area contributed by atoms with E-state index in [1.54, 1.807) is 29.2 Å². The molecule has 48 heavy (non-hydrogen) atoms. The molecule has 3 aliphatic rings. The van der Waals surface area contributed by atoms with E-state index in [1.165, 1.54) is 20.7 Å². The van der Waals surface area contributed by atoms with Crippen LogP contribution in [0.2, 0.25) is 0 Å². The van der Waals surface area contributed by atoms with Crippen LogP contribution in [0.4, 0.5) is 4.79 Å². The Balaban J connectivity index is 1.15. The van der Waals surface area contributed by atoms with Crippen LogP contribution in [0.15, 0.2) is 36.4 Å². The molecule has 0 spiro atoms. The van der Waals surface area contributed by atoms with Crippen LogP contribution in [0.25, 0.3) is 5.69 Å². The van der Waals surface area contributed by atoms with Gasteiger partial charge in [0, 0.05) is 38.2 Å². The van der Waals surface area contributed by atoms with Crippen LogP contribution in [-0.4, -0.2) is 130 Å². The van der Waals surface area contributed by atoms with Gasteiger partial charge in [0.1, 0.15) is 6.04 Å². The number of aromatic nitrogens is 2. The molecule has 0 unspecified atom stereocenters. The summed E-state index contributed by atoms with van der Waals surface area (Å²) in [5, 5.41) is 21.6. The molecule has 3 fully saturated rings. The molecule has 0 bridgehead atoms. The Hall–Kier alpha value is -4.70. The molecule has 2 atom stereocenters. The minimum atomic E-state index is -0.824. The molecule has 1 saturated carbocycles. The first-order valence-corrected chi connectivity index (χ1v) is 16.4. The molecular weight excluding hydrogens is 626 g/mol. The first-order chi connectivity index (χ1) is 23.2. The first-order valence-electron chi connectivity index (χ1n) is 16.4. The normalized spacial score (nSPS) is 19.7. The van der Waals surface area contributed by atoms with Gasteiger partial charge in [0.15, 0.2) is 12.3 Å². The van der Waals surface area contributed by atoms with Crippen LogP contribution >= 0.6 is 0 Å². The van der Waals surface area contributed by atoms with Gasteiger partial charge in [-0.15, -0.1) is 5.06 Å². The van der Waals surface area contributed by atoms with E-state index in [-0.39, 0.29) is 55.5 Å². The van der Waals surface area contributed by atoms with Crippen molar-refractivity contribution in [2.24, 2.45) is 0 Å². The number of nitrogens with one attached hydrogen (secondary N) is 2. The lowest BCUT2D eigenvalue weighted by atomic mass is 9.93. The quantitative estimate of drug-likeness (QED) is 0.201. The highest BCUT2D eigenvalue weighted by Gasteiger charge is 2.40. The summed E-state index contributed by atoms with van der Waals surface area (Å²) in [6.45, 7) is 2.73. The Morgan fingerprint density at radius 1 is 1.02 bits per heavy atom. The topological polar surface area (TPSA) is 185 Å². The number of likely N-dealkylation sites (tertiary alicyclic amines) is 1. The maximum Gasteiger partial charge on any atom is 0.527 e. The summed E-state index contributed by atoms with van der Waals surface area (Å²) in [7, 11) is 0. The van der Waals surface area contributed by atoms with E-state index >= 15 is 0 Å². The highest BCUT2D eigenvalue weighted by atomic mass is 16.8. The molecule has 260 valence electrons. The number of unbranched alkanes of at least 4 members (excludes halogenated alkanes) is 1. The Morgan fingerprint density at radius 2 is 1.77 bits per heavy atom. The number of rotatable bonds is 13. The van der Waals surface area contributed by atoms with Crippen molar-refractivity contribution in [3.05, 3.63) is 42.1 Å². The van der Waals surface area contributed by atoms with E-state index < -0.39 is 36.7 Å². The lowest BCUT2D eigenvalue weighted by Crippen LogP contribution is -2.51. The van der Waals surface area contributed by atoms with Gasteiger partial charge in [-0.3, -0.25) is 19.2 Å². The summed E-state index contributed by atoms with van der Waals surface area (Å²) in [6.07, 6.45) is 3.03. The van der Waals surface area contributed by atoms with Gasteiger partial charge in [-0.1, -0.05) is 31.5 Å². The lowest BCUT2D eigenvalue weighted by molar-refractivity contribution is -0.156. The summed E-state index contributed by atoms with van der Waals surface area (Å²) >= 11 is 0. The third-order valence-electron chi connectivity index (χ3n) is 8.52. The lowest BCUT2D eigenvalue weighted by Gasteiger charge is -2.33. The summed E-state index contributed by atoms with van der Waals surface area (Å²) < 4.78 is 12.2. The fourth-order valence-corrected chi connectivity index (χ4v) is 5.56. The van der Waals surface area contributed by atoms with Gasteiger partial charge in [-0.2, -0.15) is 5.10 Å². The van der Waals surface area contributed by atoms with Crippen LogP contribution in [-0.2, 0) is 24.0 Å². The minimum Gasteiger partial charge on any atom is -0.467 e. The third kappa shape index (κ3) is 9.01. The summed E-state index contributed by atoms with van der Waals surface area (Å²) in [6, 6.07) is 9.54. The Bertz CT molecular complexity index is 1440. The number of hydroxylamine groups is 2. The molecular formula is C32H43N7O9. The minimum absolute atomic E-state index is 0.0121. The number of aliphatic hydroxyl groups excluding tert-OH is 1. The molecule has 3 heterocycles. The van der Waals surface area contributed by atoms with Gasteiger partial charge in [0.05, 0.1) is 38.0 Å². The van der Waals surface area contributed by atoms with Crippen molar-refractivity contribution in [3.8, 4) is 11.6 Å². The highest BCUT2D eigenvalue weighted by molar-refractivity contribution is 5.95. The second-order valence-electron chi connectivity index (χ2n) is 12.0. The van der Waals surface area contributed by atoms with Crippen LogP contribution in [0.1, 0.15) is 55.9 Å². The Kier molecular flexibility index (Phi) is 11.8. The van der Waals surface area contributed by atoms with Gasteiger partial charge >= 0.3 is 6.16 Å². The van der Waals surface area contributed by atoms with Crippen LogP contribution in [0, 0.1) is 0 Å². The van der Waals surface area contributed by atoms with Crippen molar-refractivity contribution in [3.63, 3.8) is 0 Å². The summed E-state index contributed by atoms with van der Waals surface area (Å²) in [5.41, 5.74) is 0.530. The monoisotopic (exact) mass is 669 g/mol. The standard InChI is InChI=1S/C32H43N7O9/c1-2-3-16-46-32(45)48-37-14-12-36(13-15-37)27(41)19-33-30(43)25-18-29(39(35-25)23-10-5-4-6-11-23)47-21-28(42)38-20-24(40)17-26(38)31(44)34-22-8-7-9-22/h4-6,10-11,18,22,24,26,40H,2-3,7-9,12-17,19-21H2,1H3,(H,33,43)(H,34,44)/t24-,26+/m1/s1. The number of hydrogen-bond acceptors (Lipinski definition) is 11. The number of carbonyl (C=O) groups is 5. The molecule has 5 rings (SSSR count). The van der Waals surface area contributed by atoms with Crippen molar-refractivity contribution in [1.29, 1.82) is 0 Å². The zero-order valence-corrected chi connectivity index (χ0v) is 27.0. The number of β-amino-alcohol motifs (C(OH)–C–C–N with tert-alkyl or cyclic N) is 1. The molecule has 3 N–H and O–H groups in total. The van der Waals surface area contributed by atoms with E-state index in [1.807, 2.05) is 13.0 Å². The average Bonchev–Trinajstić information content (AvgIpc) is 3.69. The Labute approximate surface area is 278 Å². The number of para-hydroxylation sites is 1. The number of hydrogen-bond donors (Lipinski definition) is 3. The second-order valence-corrected chi connectivity index (χ2v) is 12.0. The van der Waals surface area contributed by atoms with E-state index in [4.69, 9.17) is 14.3 Å². The zero-order valence-electron chi connectivity index (χ0n) is 27.0. The van der Waals surface area contributed by atoms with Crippen molar-refractivity contribution in [2.45, 2.75) is 63.6 Å². The number of nitrogens with zero attached hydrogens (tertiary/aromatic N) is 5. The fraction of sp³-hybridized carbons (Fsp3) is 0.562. The molecule has 1 aromatic heterocycles. The number of ether oxygens (including phenoxy) is 2. The van der Waals surface area contributed by atoms with Crippen molar-refractivity contribution in [1.82, 2.24) is 35.3 Å². The predicted molar refractivity (Wildman–Crippen MR) is 169 cm³/mol. The number of amides is 4. The predicted octanol–water partition coefficient (Wildman–Crippen LogP) is 0.624. The highest BCUT2D eigenvalue weighted by Crippen LogP contribution is 2.24. The molecule has 1 aliphatic carbocycles. The maximum atomic E-state index is 13.2. The molecule has 2 saturated heterocycles. The largest absolute Gasteiger partial charge is 0.527 e. The smallest absolute Gasteiger partial charge is 0.467 e. The molecule has 2 aliphatic heterocycles. The average molecular weight is 670 g/mol. The fourth-order valence-electron chi connectivity index (χ4n) is 5.56. The second kappa shape index (κ2) is 16.4. The van der Waals surface area contributed by atoms with E-state index in [9.17, 15) is 29.1 Å². The molecule has 0 radical (unpaired) electrons. The molecule has 1 aromatic carbocycles. The number of benzene rings is 1. The number of aliphatic hydroxyl groups is 1. The van der Waals surface area contributed by atoms with Crippen molar-refractivity contribution < 1.29 is 43.4 Å². The van der Waals surface area contributed by atoms with E-state index in [2.05, 4.69) is 15.7 Å². The Morgan fingerprint density at radius 3 is 2.46 bits per heavy atom.